The van der Waals surface area contributed by atoms with Gasteiger partial charge in [0.15, 0.2) is 5.78 Å². The van der Waals surface area contributed by atoms with E-state index in [0.29, 0.717) is 29.7 Å². The van der Waals surface area contributed by atoms with Gasteiger partial charge in [-0.05, 0) is 49.4 Å². The van der Waals surface area contributed by atoms with E-state index in [2.05, 4.69) is 4.72 Å². The highest BCUT2D eigenvalue weighted by atomic mass is 32.2. The summed E-state index contributed by atoms with van der Waals surface area (Å²) < 4.78 is 28.1. The number of benzene rings is 1. The Balaban J connectivity index is 1.71. The van der Waals surface area contributed by atoms with Gasteiger partial charge in [0.1, 0.15) is 0 Å². The van der Waals surface area contributed by atoms with Gasteiger partial charge in [0, 0.05) is 17.3 Å². The molecule has 1 atom stereocenters. The molecule has 0 aliphatic heterocycles. The Morgan fingerprint density at radius 2 is 2.00 bits per heavy atom. The molecule has 2 aromatic rings. The van der Waals surface area contributed by atoms with Crippen LogP contribution in [-0.2, 0) is 27.7 Å². The summed E-state index contributed by atoms with van der Waals surface area (Å²) in [4.78, 5) is 24.7. The summed E-state index contributed by atoms with van der Waals surface area (Å²) in [5, 5.41) is 8.71. The number of hydrogen-bond donors (Lipinski definition) is 2. The fraction of sp³-hybridized carbons (Fsp3) is 0.368. The molecule has 2 N–H and O–H groups in total. The van der Waals surface area contributed by atoms with Gasteiger partial charge in [-0.25, -0.2) is 13.1 Å². The zero-order valence-corrected chi connectivity index (χ0v) is 16.5. The van der Waals surface area contributed by atoms with Crippen LogP contribution < -0.4 is 4.72 Å². The van der Waals surface area contributed by atoms with E-state index in [9.17, 15) is 18.0 Å². The number of carbonyl (C=O) groups excluding carboxylic acids is 1. The third-order valence-corrected chi connectivity index (χ3v) is 7.59. The highest BCUT2D eigenvalue weighted by Gasteiger charge is 2.27. The quantitative estimate of drug-likeness (QED) is 0.687. The number of aliphatic carboxylic acids is 1. The first-order valence-electron chi connectivity index (χ1n) is 8.71. The fourth-order valence-corrected chi connectivity index (χ4v) is 5.94. The first kappa shape index (κ1) is 19.7. The summed E-state index contributed by atoms with van der Waals surface area (Å²) in [5.41, 5.74) is 1.67. The normalized spacial score (nSPS) is 16.7. The third-order valence-electron chi connectivity index (χ3n) is 4.63. The van der Waals surface area contributed by atoms with Crippen molar-refractivity contribution in [1.29, 1.82) is 0 Å². The molecule has 0 fully saturated rings. The van der Waals surface area contributed by atoms with Crippen molar-refractivity contribution >= 4 is 33.1 Å². The van der Waals surface area contributed by atoms with E-state index in [1.54, 1.807) is 37.3 Å². The van der Waals surface area contributed by atoms with Gasteiger partial charge in [-0.15, -0.1) is 11.3 Å². The molecular formula is C19H21NO5S2. The maximum atomic E-state index is 12.7. The number of carboxylic acid groups (broad SMARTS) is 1. The van der Waals surface area contributed by atoms with Crippen LogP contribution >= 0.6 is 11.3 Å². The third kappa shape index (κ3) is 4.63. The smallest absolute Gasteiger partial charge is 0.303 e. The average molecular weight is 408 g/mol. The lowest BCUT2D eigenvalue weighted by Crippen LogP contribution is -2.38. The predicted molar refractivity (Wildman–Crippen MR) is 103 cm³/mol. The second kappa shape index (κ2) is 7.92. The predicted octanol–water partition coefficient (Wildman–Crippen LogP) is 2.94. The van der Waals surface area contributed by atoms with Crippen LogP contribution in [-0.4, -0.2) is 31.3 Å². The van der Waals surface area contributed by atoms with E-state index in [-0.39, 0.29) is 29.6 Å². The maximum absolute atomic E-state index is 12.7. The molecule has 0 saturated carbocycles. The molecule has 0 spiro atoms. The summed E-state index contributed by atoms with van der Waals surface area (Å²) >= 11 is 1.39. The number of aryl methyl sites for hydroxylation is 2. The van der Waals surface area contributed by atoms with E-state index < -0.39 is 16.0 Å². The van der Waals surface area contributed by atoms with Gasteiger partial charge in [-0.1, -0.05) is 18.2 Å². The molecule has 8 heteroatoms. The summed E-state index contributed by atoms with van der Waals surface area (Å²) in [6.07, 6.45) is 1.70. The average Bonchev–Trinajstić information content (AvgIpc) is 3.03. The van der Waals surface area contributed by atoms with Crippen LogP contribution in [0.5, 0.6) is 0 Å². The second-order valence-electron chi connectivity index (χ2n) is 6.70. The molecule has 0 bridgehead atoms. The van der Waals surface area contributed by atoms with Crippen molar-refractivity contribution in [2.75, 3.05) is 0 Å². The lowest BCUT2D eigenvalue weighted by molar-refractivity contribution is -0.136. The summed E-state index contributed by atoms with van der Waals surface area (Å²) in [5.74, 6) is -1.16. The Labute approximate surface area is 162 Å². The molecule has 0 amide bonds. The maximum Gasteiger partial charge on any atom is 0.303 e. The molecule has 1 unspecified atom stereocenters. The lowest BCUT2D eigenvalue weighted by Gasteiger charge is -2.23. The molecule has 6 nitrogen and oxygen atoms in total. The van der Waals surface area contributed by atoms with Crippen molar-refractivity contribution in [2.45, 2.75) is 50.0 Å². The van der Waals surface area contributed by atoms with Gasteiger partial charge in [0.25, 0.3) is 0 Å². The van der Waals surface area contributed by atoms with E-state index in [4.69, 9.17) is 5.11 Å². The van der Waals surface area contributed by atoms with Crippen molar-refractivity contribution in [2.24, 2.45) is 0 Å². The molecule has 3 rings (SSSR count). The van der Waals surface area contributed by atoms with Gasteiger partial charge in [-0.2, -0.15) is 0 Å². The van der Waals surface area contributed by atoms with Crippen LogP contribution in [0.15, 0.2) is 35.2 Å². The monoisotopic (exact) mass is 407 g/mol. The zero-order chi connectivity index (χ0) is 19.6. The lowest BCUT2D eigenvalue weighted by atomic mass is 9.95. The molecule has 1 aliphatic rings. The zero-order valence-electron chi connectivity index (χ0n) is 14.9. The van der Waals surface area contributed by atoms with E-state index in [0.717, 1.165) is 10.4 Å². The Bertz CT molecular complexity index is 978. The minimum absolute atomic E-state index is 0.0158. The van der Waals surface area contributed by atoms with Crippen molar-refractivity contribution < 1.29 is 23.1 Å². The molecule has 0 radical (unpaired) electrons. The van der Waals surface area contributed by atoms with E-state index in [1.165, 1.54) is 11.3 Å². The van der Waals surface area contributed by atoms with Gasteiger partial charge in [-0.3, -0.25) is 9.59 Å². The van der Waals surface area contributed by atoms with Crippen molar-refractivity contribution in [3.63, 3.8) is 0 Å². The molecule has 1 aliphatic carbocycles. The Morgan fingerprint density at radius 3 is 2.70 bits per heavy atom. The fourth-order valence-electron chi connectivity index (χ4n) is 3.25. The molecule has 144 valence electrons. The van der Waals surface area contributed by atoms with Crippen LogP contribution in [0.3, 0.4) is 0 Å². The van der Waals surface area contributed by atoms with Gasteiger partial charge < -0.3 is 5.11 Å². The van der Waals surface area contributed by atoms with Gasteiger partial charge in [0.05, 0.1) is 16.2 Å². The number of carboxylic acids is 1. The van der Waals surface area contributed by atoms with Gasteiger partial charge in [0.2, 0.25) is 10.0 Å². The van der Waals surface area contributed by atoms with Crippen molar-refractivity contribution in [1.82, 2.24) is 4.72 Å². The number of hydrogen-bond acceptors (Lipinski definition) is 5. The molecule has 1 heterocycles. The highest BCUT2D eigenvalue weighted by Crippen LogP contribution is 2.31. The minimum Gasteiger partial charge on any atom is -0.481 e. The summed E-state index contributed by atoms with van der Waals surface area (Å²) in [6.45, 7) is 1.77. The topological polar surface area (TPSA) is 101 Å². The summed E-state index contributed by atoms with van der Waals surface area (Å²) in [7, 11) is -3.60. The van der Waals surface area contributed by atoms with Crippen LogP contribution in [0.4, 0.5) is 0 Å². The first-order chi connectivity index (χ1) is 12.8. The minimum atomic E-state index is -3.60. The SMILES string of the molecule is Cc1ccccc1S(=O)(=O)NC1CCc2sc(C(=O)CCC(=O)O)cc2C1. The molecule has 1 aromatic carbocycles. The first-order valence-corrected chi connectivity index (χ1v) is 11.0. The molecule has 27 heavy (non-hydrogen) atoms. The van der Waals surface area contributed by atoms with Crippen LogP contribution in [0.1, 0.15) is 44.9 Å². The number of thiophene rings is 1. The number of ketones is 1. The standard InChI is InChI=1S/C19H21NO5S2/c1-12-4-2-3-5-18(12)27(24,25)20-14-6-8-16-13(10-14)11-17(26-16)15(21)7-9-19(22)23/h2-5,11,14,20H,6-10H2,1H3,(H,22,23). The number of sulfonamides is 1. The van der Waals surface area contributed by atoms with E-state index in [1.807, 2.05) is 0 Å². The van der Waals surface area contributed by atoms with Crippen molar-refractivity contribution in [3.05, 3.63) is 51.2 Å². The van der Waals surface area contributed by atoms with Crippen LogP contribution in [0.2, 0.25) is 0 Å². The second-order valence-corrected chi connectivity index (χ2v) is 9.52. The number of Topliss-reactive ketones (excluding diaryl/α,β-unsaturated/α-hetero) is 1. The number of fused-ring (bicyclic) bond motifs is 1. The van der Waals surface area contributed by atoms with Crippen LogP contribution in [0, 0.1) is 6.92 Å². The number of rotatable bonds is 7. The Hall–Kier alpha value is -2.03. The Kier molecular flexibility index (Phi) is 5.78. The largest absolute Gasteiger partial charge is 0.481 e. The molecule has 1 aromatic heterocycles. The highest BCUT2D eigenvalue weighted by molar-refractivity contribution is 7.89. The molecular weight excluding hydrogens is 386 g/mol. The van der Waals surface area contributed by atoms with E-state index >= 15 is 0 Å². The Morgan fingerprint density at radius 1 is 1.26 bits per heavy atom. The number of carbonyl (C=O) groups is 2. The summed E-state index contributed by atoms with van der Waals surface area (Å²) in [6, 6.07) is 8.43. The van der Waals surface area contributed by atoms with Crippen molar-refractivity contribution in [3.8, 4) is 0 Å². The molecule has 0 saturated heterocycles. The number of nitrogens with one attached hydrogen (secondary N) is 1. The van der Waals surface area contributed by atoms with Crippen LogP contribution in [0.25, 0.3) is 0 Å². The van der Waals surface area contributed by atoms with Gasteiger partial charge >= 0.3 is 5.97 Å².